The summed E-state index contributed by atoms with van der Waals surface area (Å²) in [5.74, 6) is 0. The number of benzene rings is 1. The lowest BCUT2D eigenvalue weighted by molar-refractivity contribution is 0.367. The first-order valence-electron chi connectivity index (χ1n) is 7.52. The van der Waals surface area contributed by atoms with Gasteiger partial charge in [0.2, 0.25) is 0 Å². The molecule has 0 saturated heterocycles. The molecule has 106 valence electrons. The fourth-order valence-corrected chi connectivity index (χ4v) is 2.96. The molecule has 0 aliphatic heterocycles. The minimum atomic E-state index is 0.0565. The summed E-state index contributed by atoms with van der Waals surface area (Å²) in [6.45, 7) is 1.53. The van der Waals surface area contributed by atoms with Crippen LogP contribution in [0.1, 0.15) is 32.1 Å². The van der Waals surface area contributed by atoms with Crippen molar-refractivity contribution < 1.29 is 0 Å². The number of hydrogen-bond donors (Lipinski definition) is 1. The highest BCUT2D eigenvalue weighted by Gasteiger charge is 2.12. The van der Waals surface area contributed by atoms with Crippen molar-refractivity contribution in [3.8, 4) is 0 Å². The predicted octanol–water partition coefficient (Wildman–Crippen LogP) is 2.32. The average molecular weight is 271 g/mol. The van der Waals surface area contributed by atoms with E-state index in [1.165, 1.54) is 32.1 Å². The molecule has 0 atom stereocenters. The molecular weight excluding hydrogens is 250 g/mol. The van der Waals surface area contributed by atoms with Gasteiger partial charge in [-0.25, -0.2) is 4.98 Å². The van der Waals surface area contributed by atoms with Crippen LogP contribution >= 0.6 is 0 Å². The normalized spacial score (nSPS) is 16.6. The first-order chi connectivity index (χ1) is 9.84. The number of para-hydroxylation sites is 1. The van der Waals surface area contributed by atoms with Crippen molar-refractivity contribution in [2.75, 3.05) is 6.54 Å². The lowest BCUT2D eigenvalue weighted by Gasteiger charge is -2.22. The standard InChI is InChI=1S/C16H21N3O/c20-16-14-8-4-5-9-15(14)18-12-19(16)11-10-17-13-6-2-1-3-7-13/h4-5,8-9,12-13,17H,1-3,6-7,10-11H2. The first kappa shape index (κ1) is 13.3. The molecule has 0 bridgehead atoms. The van der Waals surface area contributed by atoms with Crippen LogP contribution < -0.4 is 10.9 Å². The third kappa shape index (κ3) is 2.90. The van der Waals surface area contributed by atoms with E-state index >= 15 is 0 Å². The van der Waals surface area contributed by atoms with Crippen molar-refractivity contribution in [2.45, 2.75) is 44.7 Å². The van der Waals surface area contributed by atoms with Crippen molar-refractivity contribution >= 4 is 10.9 Å². The molecule has 0 amide bonds. The topological polar surface area (TPSA) is 46.9 Å². The fourth-order valence-electron chi connectivity index (χ4n) is 2.96. The highest BCUT2D eigenvalue weighted by atomic mass is 16.1. The van der Waals surface area contributed by atoms with Crippen LogP contribution in [0.3, 0.4) is 0 Å². The smallest absolute Gasteiger partial charge is 0.261 e. The molecule has 1 heterocycles. The SMILES string of the molecule is O=c1c2ccccc2ncn1CCNC1CCCCC1. The van der Waals surface area contributed by atoms with Crippen molar-refractivity contribution in [1.82, 2.24) is 14.9 Å². The summed E-state index contributed by atoms with van der Waals surface area (Å²) in [5.41, 5.74) is 0.829. The Morgan fingerprint density at radius 2 is 2.00 bits per heavy atom. The van der Waals surface area contributed by atoms with E-state index < -0.39 is 0 Å². The van der Waals surface area contributed by atoms with Gasteiger partial charge < -0.3 is 5.32 Å². The van der Waals surface area contributed by atoms with E-state index in [2.05, 4.69) is 10.3 Å². The minimum Gasteiger partial charge on any atom is -0.312 e. The van der Waals surface area contributed by atoms with E-state index in [1.54, 1.807) is 10.9 Å². The largest absolute Gasteiger partial charge is 0.312 e. The molecule has 1 N–H and O–H groups in total. The van der Waals surface area contributed by atoms with Crippen LogP contribution in [0, 0.1) is 0 Å². The van der Waals surface area contributed by atoms with Crippen LogP contribution in [0.25, 0.3) is 10.9 Å². The van der Waals surface area contributed by atoms with Gasteiger partial charge in [-0.15, -0.1) is 0 Å². The van der Waals surface area contributed by atoms with E-state index in [-0.39, 0.29) is 5.56 Å². The average Bonchev–Trinajstić information content (AvgIpc) is 2.51. The van der Waals surface area contributed by atoms with Gasteiger partial charge in [0, 0.05) is 19.1 Å². The number of rotatable bonds is 4. The highest BCUT2D eigenvalue weighted by molar-refractivity contribution is 5.76. The number of nitrogens with one attached hydrogen (secondary N) is 1. The van der Waals surface area contributed by atoms with Gasteiger partial charge >= 0.3 is 0 Å². The molecule has 4 heteroatoms. The second-order valence-corrected chi connectivity index (χ2v) is 5.55. The zero-order valence-corrected chi connectivity index (χ0v) is 11.7. The molecule has 1 saturated carbocycles. The lowest BCUT2D eigenvalue weighted by atomic mass is 9.95. The third-order valence-electron chi connectivity index (χ3n) is 4.12. The molecule has 3 rings (SSSR count). The molecule has 0 spiro atoms. The summed E-state index contributed by atoms with van der Waals surface area (Å²) in [6, 6.07) is 8.14. The van der Waals surface area contributed by atoms with Crippen LogP contribution in [0.15, 0.2) is 35.4 Å². The summed E-state index contributed by atoms with van der Waals surface area (Å²) >= 11 is 0. The maximum absolute atomic E-state index is 12.3. The summed E-state index contributed by atoms with van der Waals surface area (Å²) in [4.78, 5) is 16.6. The quantitative estimate of drug-likeness (QED) is 0.928. The summed E-state index contributed by atoms with van der Waals surface area (Å²) in [5, 5.41) is 4.26. The van der Waals surface area contributed by atoms with Crippen molar-refractivity contribution in [3.63, 3.8) is 0 Å². The molecule has 2 aromatic rings. The summed E-state index contributed by atoms with van der Waals surface area (Å²) in [6.07, 6.45) is 8.22. The minimum absolute atomic E-state index is 0.0565. The van der Waals surface area contributed by atoms with Gasteiger partial charge in [-0.1, -0.05) is 31.4 Å². The lowest BCUT2D eigenvalue weighted by Crippen LogP contribution is -2.35. The van der Waals surface area contributed by atoms with Crippen LogP contribution in [0.2, 0.25) is 0 Å². The monoisotopic (exact) mass is 271 g/mol. The third-order valence-corrected chi connectivity index (χ3v) is 4.12. The molecule has 0 unspecified atom stereocenters. The Labute approximate surface area is 118 Å². The Hall–Kier alpha value is -1.68. The zero-order valence-electron chi connectivity index (χ0n) is 11.7. The maximum atomic E-state index is 12.3. The Morgan fingerprint density at radius 1 is 1.20 bits per heavy atom. The van der Waals surface area contributed by atoms with E-state index in [0.29, 0.717) is 18.0 Å². The number of nitrogens with zero attached hydrogens (tertiary/aromatic N) is 2. The second kappa shape index (κ2) is 6.18. The number of aromatic nitrogens is 2. The predicted molar refractivity (Wildman–Crippen MR) is 80.9 cm³/mol. The molecule has 1 aromatic carbocycles. The van der Waals surface area contributed by atoms with Crippen molar-refractivity contribution in [1.29, 1.82) is 0 Å². The molecule has 1 aliphatic carbocycles. The highest BCUT2D eigenvalue weighted by Crippen LogP contribution is 2.17. The molecular formula is C16H21N3O. The van der Waals surface area contributed by atoms with Crippen LogP contribution in [0.4, 0.5) is 0 Å². The maximum Gasteiger partial charge on any atom is 0.261 e. The van der Waals surface area contributed by atoms with Crippen LogP contribution in [0.5, 0.6) is 0 Å². The number of hydrogen-bond acceptors (Lipinski definition) is 3. The Morgan fingerprint density at radius 3 is 2.85 bits per heavy atom. The van der Waals surface area contributed by atoms with Crippen LogP contribution in [-0.4, -0.2) is 22.1 Å². The van der Waals surface area contributed by atoms with Gasteiger partial charge in [0.15, 0.2) is 0 Å². The van der Waals surface area contributed by atoms with E-state index in [1.807, 2.05) is 24.3 Å². The molecule has 20 heavy (non-hydrogen) atoms. The van der Waals surface area contributed by atoms with Crippen molar-refractivity contribution in [2.24, 2.45) is 0 Å². The Kier molecular flexibility index (Phi) is 4.11. The molecule has 1 aromatic heterocycles. The Balaban J connectivity index is 1.65. The molecule has 4 nitrogen and oxygen atoms in total. The Bertz CT molecular complexity index is 629. The first-order valence-corrected chi connectivity index (χ1v) is 7.52. The molecule has 1 fully saturated rings. The van der Waals surface area contributed by atoms with E-state index in [4.69, 9.17) is 0 Å². The van der Waals surface area contributed by atoms with Gasteiger partial charge in [0.25, 0.3) is 5.56 Å². The summed E-state index contributed by atoms with van der Waals surface area (Å²) in [7, 11) is 0. The van der Waals surface area contributed by atoms with E-state index in [0.717, 1.165) is 12.1 Å². The van der Waals surface area contributed by atoms with Crippen molar-refractivity contribution in [3.05, 3.63) is 40.9 Å². The molecule has 1 aliphatic rings. The van der Waals surface area contributed by atoms with Gasteiger partial charge in [-0.05, 0) is 25.0 Å². The van der Waals surface area contributed by atoms with Crippen LogP contribution in [-0.2, 0) is 6.54 Å². The summed E-state index contributed by atoms with van der Waals surface area (Å²) < 4.78 is 1.71. The van der Waals surface area contributed by atoms with Gasteiger partial charge in [0.1, 0.15) is 0 Å². The van der Waals surface area contributed by atoms with Gasteiger partial charge in [0.05, 0.1) is 17.2 Å². The number of fused-ring (bicyclic) bond motifs is 1. The van der Waals surface area contributed by atoms with Gasteiger partial charge in [-0.2, -0.15) is 0 Å². The molecule has 0 radical (unpaired) electrons. The van der Waals surface area contributed by atoms with E-state index in [9.17, 15) is 4.79 Å². The van der Waals surface area contributed by atoms with Gasteiger partial charge in [-0.3, -0.25) is 9.36 Å². The second-order valence-electron chi connectivity index (χ2n) is 5.55. The fraction of sp³-hybridized carbons (Fsp3) is 0.500. The zero-order chi connectivity index (χ0) is 13.8.